The Morgan fingerprint density at radius 2 is 1.72 bits per heavy atom. The van der Waals surface area contributed by atoms with Gasteiger partial charge in [0.15, 0.2) is 6.29 Å². The summed E-state index contributed by atoms with van der Waals surface area (Å²) in [5.74, 6) is 1.21. The van der Waals surface area contributed by atoms with Crippen LogP contribution >= 0.6 is 0 Å². The van der Waals surface area contributed by atoms with Crippen LogP contribution in [-0.2, 0) is 18.9 Å². The SMILES string of the molecule is CO[C@]1(C)C[C@@H](C)CN(C)[C@H](C2CCNCC2)COCC(C)(C)C[C@@H](C)[C@H]1O[C@@H]1O[C@H](C)C[C@H](N(C)C)[C@H]1O. The lowest BCUT2D eigenvalue weighted by Crippen LogP contribution is -2.58. The molecule has 8 nitrogen and oxygen atoms in total. The summed E-state index contributed by atoms with van der Waals surface area (Å²) in [6.45, 7) is 18.1. The van der Waals surface area contributed by atoms with Crippen molar-refractivity contribution in [3.05, 3.63) is 0 Å². The van der Waals surface area contributed by atoms with Crippen LogP contribution in [-0.4, -0.2) is 118 Å². The fraction of sp³-hybridized carbons (Fsp3) is 1.00. The summed E-state index contributed by atoms with van der Waals surface area (Å²) in [6, 6.07) is 0.404. The minimum atomic E-state index is -0.722. The van der Waals surface area contributed by atoms with Crippen LogP contribution in [0.25, 0.3) is 0 Å². The summed E-state index contributed by atoms with van der Waals surface area (Å²) in [5, 5.41) is 14.8. The zero-order valence-electron chi connectivity index (χ0n) is 26.7. The molecule has 0 aromatic rings. The maximum absolute atomic E-state index is 11.3. The quantitative estimate of drug-likeness (QED) is 0.533. The van der Waals surface area contributed by atoms with Crippen molar-refractivity contribution >= 4 is 0 Å². The van der Waals surface area contributed by atoms with E-state index in [1.807, 2.05) is 21.2 Å². The number of aliphatic hydroxyl groups excluding tert-OH is 1. The molecule has 3 aliphatic rings. The summed E-state index contributed by atoms with van der Waals surface area (Å²) in [7, 11) is 8.11. The van der Waals surface area contributed by atoms with Crippen LogP contribution in [0.4, 0.5) is 0 Å². The van der Waals surface area contributed by atoms with E-state index >= 15 is 0 Å². The maximum atomic E-state index is 11.3. The van der Waals surface area contributed by atoms with E-state index in [4.69, 9.17) is 18.9 Å². The van der Waals surface area contributed by atoms with Crippen molar-refractivity contribution in [1.29, 1.82) is 0 Å². The molecular formula is C31H61N3O5. The molecule has 3 rings (SSSR count). The van der Waals surface area contributed by atoms with E-state index in [0.717, 1.165) is 45.5 Å². The third-order valence-corrected chi connectivity index (χ3v) is 9.65. The van der Waals surface area contributed by atoms with Gasteiger partial charge >= 0.3 is 0 Å². The molecule has 2 N–H and O–H groups in total. The maximum Gasteiger partial charge on any atom is 0.185 e. The molecule has 0 aliphatic carbocycles. The molecule has 230 valence electrons. The molecular weight excluding hydrogens is 494 g/mol. The second-order valence-electron chi connectivity index (χ2n) is 14.4. The van der Waals surface area contributed by atoms with Gasteiger partial charge in [-0.15, -0.1) is 0 Å². The first-order valence-corrected chi connectivity index (χ1v) is 15.5. The summed E-state index contributed by atoms with van der Waals surface area (Å²) in [6.07, 6.45) is 3.32. The number of rotatable bonds is 5. The highest BCUT2D eigenvalue weighted by Crippen LogP contribution is 2.39. The van der Waals surface area contributed by atoms with Crippen LogP contribution in [0.2, 0.25) is 0 Å². The number of methoxy groups -OCH3 is 1. The number of likely N-dealkylation sites (N-methyl/N-ethyl adjacent to an activating group) is 2. The Hall–Kier alpha value is -0.320. The molecule has 0 aromatic carbocycles. The molecule has 0 bridgehead atoms. The van der Waals surface area contributed by atoms with Crippen molar-refractivity contribution in [1.82, 2.24) is 15.1 Å². The molecule has 3 fully saturated rings. The average Bonchev–Trinajstić information content (AvgIpc) is 2.86. The predicted octanol–water partition coefficient (Wildman–Crippen LogP) is 3.61. The zero-order valence-corrected chi connectivity index (χ0v) is 26.7. The molecule has 9 atom stereocenters. The molecule has 0 radical (unpaired) electrons. The van der Waals surface area contributed by atoms with E-state index in [2.05, 4.69) is 63.7 Å². The predicted molar refractivity (Wildman–Crippen MR) is 157 cm³/mol. The van der Waals surface area contributed by atoms with E-state index in [1.165, 1.54) is 12.8 Å². The molecule has 0 unspecified atom stereocenters. The molecule has 39 heavy (non-hydrogen) atoms. The van der Waals surface area contributed by atoms with Crippen molar-refractivity contribution in [3.8, 4) is 0 Å². The van der Waals surface area contributed by atoms with Gasteiger partial charge in [-0.25, -0.2) is 0 Å². The van der Waals surface area contributed by atoms with Crippen LogP contribution in [0.5, 0.6) is 0 Å². The van der Waals surface area contributed by atoms with Gasteiger partial charge in [0.2, 0.25) is 0 Å². The summed E-state index contributed by atoms with van der Waals surface area (Å²) < 4.78 is 26.0. The van der Waals surface area contributed by atoms with Gasteiger partial charge in [0.25, 0.3) is 0 Å². The molecule has 0 spiro atoms. The smallest absolute Gasteiger partial charge is 0.185 e. The number of nitrogens with one attached hydrogen (secondary N) is 1. The normalized spacial score (nSPS) is 42.5. The van der Waals surface area contributed by atoms with Gasteiger partial charge in [0.05, 0.1) is 31.0 Å². The first-order chi connectivity index (χ1) is 18.3. The Labute approximate surface area is 239 Å². The Morgan fingerprint density at radius 3 is 2.33 bits per heavy atom. The van der Waals surface area contributed by atoms with Crippen LogP contribution in [0.1, 0.15) is 73.6 Å². The van der Waals surface area contributed by atoms with Gasteiger partial charge in [-0.2, -0.15) is 0 Å². The summed E-state index contributed by atoms with van der Waals surface area (Å²) in [4.78, 5) is 4.62. The lowest BCUT2D eigenvalue weighted by molar-refractivity contribution is -0.298. The van der Waals surface area contributed by atoms with E-state index in [0.29, 0.717) is 24.5 Å². The fourth-order valence-electron chi connectivity index (χ4n) is 7.72. The van der Waals surface area contributed by atoms with Gasteiger partial charge in [-0.1, -0.05) is 27.7 Å². The third-order valence-electron chi connectivity index (χ3n) is 9.65. The van der Waals surface area contributed by atoms with Crippen molar-refractivity contribution in [3.63, 3.8) is 0 Å². The highest BCUT2D eigenvalue weighted by molar-refractivity contribution is 4.95. The topological polar surface area (TPSA) is 75.7 Å². The average molecular weight is 556 g/mol. The van der Waals surface area contributed by atoms with Gasteiger partial charge in [0, 0.05) is 25.7 Å². The zero-order chi connectivity index (χ0) is 29.0. The second kappa shape index (κ2) is 14.2. The molecule has 0 aromatic heterocycles. The Bertz CT molecular complexity index is 733. The van der Waals surface area contributed by atoms with E-state index in [-0.39, 0.29) is 29.6 Å². The first-order valence-electron chi connectivity index (χ1n) is 15.5. The van der Waals surface area contributed by atoms with Crippen LogP contribution in [0, 0.1) is 23.2 Å². The fourth-order valence-corrected chi connectivity index (χ4v) is 7.72. The first kappa shape index (κ1) is 33.2. The number of nitrogens with zero attached hydrogens (tertiary/aromatic N) is 2. The molecule has 3 aliphatic heterocycles. The largest absolute Gasteiger partial charge is 0.386 e. The van der Waals surface area contributed by atoms with E-state index < -0.39 is 18.0 Å². The highest BCUT2D eigenvalue weighted by Gasteiger charge is 2.47. The standard InChI is InChI=1S/C31H61N3O5/c1-21-16-31(6,36-10)28(39-29-27(35)25(33(7)8)15-23(3)38-29)22(2)17-30(4,5)20-37-19-26(34(9)18-21)24-11-13-32-14-12-24/h21-29,32,35H,11-20H2,1-10H3/t21-,22-,23-,25+,26+,27-,28-,29+,31-/m1/s1. The number of aliphatic hydroxyl groups is 1. The third kappa shape index (κ3) is 8.84. The lowest BCUT2D eigenvalue weighted by Gasteiger charge is -2.47. The molecule has 3 heterocycles. The minimum Gasteiger partial charge on any atom is -0.386 e. The van der Waals surface area contributed by atoms with Crippen LogP contribution < -0.4 is 5.32 Å². The molecule has 8 heteroatoms. The Morgan fingerprint density at radius 1 is 1.05 bits per heavy atom. The second-order valence-corrected chi connectivity index (χ2v) is 14.4. The van der Waals surface area contributed by atoms with Gasteiger partial charge in [-0.05, 0) is 103 Å². The highest BCUT2D eigenvalue weighted by atomic mass is 16.7. The van der Waals surface area contributed by atoms with Crippen molar-refractivity contribution in [2.75, 3.05) is 61.1 Å². The minimum absolute atomic E-state index is 0.00833. The van der Waals surface area contributed by atoms with Crippen molar-refractivity contribution < 1.29 is 24.1 Å². The van der Waals surface area contributed by atoms with Crippen LogP contribution in [0.3, 0.4) is 0 Å². The van der Waals surface area contributed by atoms with E-state index in [9.17, 15) is 5.11 Å². The number of hydrogen-bond acceptors (Lipinski definition) is 8. The lowest BCUT2D eigenvalue weighted by atomic mass is 9.75. The molecule has 3 saturated heterocycles. The monoisotopic (exact) mass is 555 g/mol. The molecule has 0 amide bonds. The number of ether oxygens (including phenoxy) is 4. The van der Waals surface area contributed by atoms with Gasteiger partial charge in [0.1, 0.15) is 6.10 Å². The Kier molecular flexibility index (Phi) is 12.1. The number of piperidine rings is 1. The molecule has 0 saturated carbocycles. The Balaban J connectivity index is 1.88. The van der Waals surface area contributed by atoms with E-state index in [1.54, 1.807) is 0 Å². The van der Waals surface area contributed by atoms with Gasteiger partial charge in [-0.3, -0.25) is 0 Å². The van der Waals surface area contributed by atoms with Gasteiger partial charge < -0.3 is 39.2 Å². The summed E-state index contributed by atoms with van der Waals surface area (Å²) in [5.41, 5.74) is -0.565. The van der Waals surface area contributed by atoms with Crippen molar-refractivity contribution in [2.45, 2.75) is 116 Å². The number of hydrogen-bond donors (Lipinski definition) is 2. The summed E-state index contributed by atoms with van der Waals surface area (Å²) >= 11 is 0. The van der Waals surface area contributed by atoms with Crippen LogP contribution in [0.15, 0.2) is 0 Å². The van der Waals surface area contributed by atoms with Crippen molar-refractivity contribution in [2.24, 2.45) is 23.2 Å².